The Balaban J connectivity index is 0. The standard InChI is InChI=1S/C5H13NO.C4H7NO/c1-4-5-6(2,3)7;1-3(2)4(5)6/h4-5H2,1-3H3;1H2,2H3,(H2,5,6). The largest absolute Gasteiger partial charge is 0.633 e. The van der Waals surface area contributed by atoms with Gasteiger partial charge in [0.25, 0.3) is 0 Å². The minimum Gasteiger partial charge on any atom is -0.633 e. The molecule has 0 aromatic rings. The lowest BCUT2D eigenvalue weighted by Gasteiger charge is -2.33. The summed E-state index contributed by atoms with van der Waals surface area (Å²) in [6.45, 7) is 7.59. The maximum atomic E-state index is 10.6. The van der Waals surface area contributed by atoms with Crippen LogP contribution in [0.1, 0.15) is 20.3 Å². The van der Waals surface area contributed by atoms with E-state index in [1.165, 1.54) is 0 Å². The van der Waals surface area contributed by atoms with Gasteiger partial charge in [-0.15, -0.1) is 0 Å². The summed E-state index contributed by atoms with van der Waals surface area (Å²) in [5.41, 5.74) is 5.09. The molecule has 0 saturated heterocycles. The maximum absolute atomic E-state index is 10.6. The van der Waals surface area contributed by atoms with Crippen molar-refractivity contribution in [2.75, 3.05) is 20.6 Å². The third kappa shape index (κ3) is 18.2. The Morgan fingerprint density at radius 2 is 1.85 bits per heavy atom. The van der Waals surface area contributed by atoms with Crippen LogP contribution in [0.15, 0.2) is 12.2 Å². The number of rotatable bonds is 3. The fourth-order valence-corrected chi connectivity index (χ4v) is 0.539. The summed E-state index contributed by atoms with van der Waals surface area (Å²) < 4.78 is -0.156. The molecular weight excluding hydrogens is 168 g/mol. The highest BCUT2D eigenvalue weighted by Crippen LogP contribution is 1.92. The molecule has 1 amide bonds. The second-order valence-corrected chi connectivity index (χ2v) is 3.44. The molecule has 4 nitrogen and oxygen atoms in total. The zero-order valence-corrected chi connectivity index (χ0v) is 8.96. The Bertz CT molecular complexity index is 159. The monoisotopic (exact) mass is 188 g/mol. The molecule has 0 aliphatic rings. The van der Waals surface area contributed by atoms with E-state index in [4.69, 9.17) is 5.73 Å². The van der Waals surface area contributed by atoms with Crippen molar-refractivity contribution in [2.45, 2.75) is 20.3 Å². The molecule has 0 aliphatic carbocycles. The molecule has 0 aliphatic heterocycles. The summed E-state index contributed by atoms with van der Waals surface area (Å²) in [6.07, 6.45) is 0.969. The Hall–Kier alpha value is -0.870. The first kappa shape index (κ1) is 14.6. The molecule has 0 aromatic carbocycles. The van der Waals surface area contributed by atoms with E-state index in [1.807, 2.05) is 6.92 Å². The van der Waals surface area contributed by atoms with Crippen molar-refractivity contribution in [1.29, 1.82) is 0 Å². The number of primary amides is 1. The summed E-state index contributed by atoms with van der Waals surface area (Å²) in [5, 5.41) is 10.6. The van der Waals surface area contributed by atoms with Gasteiger partial charge in [-0.05, 0) is 13.3 Å². The molecule has 0 atom stereocenters. The van der Waals surface area contributed by atoms with Gasteiger partial charge in [0, 0.05) is 5.57 Å². The highest BCUT2D eigenvalue weighted by Gasteiger charge is 1.94. The molecule has 0 rings (SSSR count). The number of hydrogen-bond acceptors (Lipinski definition) is 2. The average molecular weight is 188 g/mol. The van der Waals surface area contributed by atoms with E-state index in [0.29, 0.717) is 5.57 Å². The molecule has 78 valence electrons. The van der Waals surface area contributed by atoms with Crippen LogP contribution in [-0.2, 0) is 4.79 Å². The van der Waals surface area contributed by atoms with Crippen molar-refractivity contribution < 1.29 is 9.44 Å². The predicted molar refractivity (Wildman–Crippen MR) is 54.6 cm³/mol. The number of carbonyl (C=O) groups is 1. The third-order valence-electron chi connectivity index (χ3n) is 1.18. The second kappa shape index (κ2) is 6.62. The van der Waals surface area contributed by atoms with E-state index in [0.717, 1.165) is 13.0 Å². The molecule has 0 fully saturated rings. The smallest absolute Gasteiger partial charge is 0.243 e. The van der Waals surface area contributed by atoms with Crippen LogP contribution in [0.25, 0.3) is 0 Å². The van der Waals surface area contributed by atoms with Crippen LogP contribution in [0.2, 0.25) is 0 Å². The molecule has 4 heteroatoms. The van der Waals surface area contributed by atoms with Gasteiger partial charge in [0.15, 0.2) is 0 Å². The van der Waals surface area contributed by atoms with Crippen molar-refractivity contribution in [2.24, 2.45) is 5.73 Å². The predicted octanol–water partition coefficient (Wildman–Crippen LogP) is 1.02. The minimum absolute atomic E-state index is 0.156. The van der Waals surface area contributed by atoms with E-state index >= 15 is 0 Å². The summed E-state index contributed by atoms with van der Waals surface area (Å²) in [5.74, 6) is -0.435. The molecule has 2 N–H and O–H groups in total. The van der Waals surface area contributed by atoms with Gasteiger partial charge in [-0.1, -0.05) is 13.5 Å². The normalized spacial score (nSPS) is 9.92. The van der Waals surface area contributed by atoms with Crippen LogP contribution in [0.3, 0.4) is 0 Å². The quantitative estimate of drug-likeness (QED) is 0.408. The summed E-state index contributed by atoms with van der Waals surface area (Å²) in [6, 6.07) is 0. The first-order chi connectivity index (χ1) is 5.70. The maximum Gasteiger partial charge on any atom is 0.243 e. The van der Waals surface area contributed by atoms with Crippen LogP contribution in [0.4, 0.5) is 0 Å². The number of carbonyl (C=O) groups excluding carboxylic acids is 1. The fraction of sp³-hybridized carbons (Fsp3) is 0.667. The zero-order valence-electron chi connectivity index (χ0n) is 8.96. The van der Waals surface area contributed by atoms with Gasteiger partial charge in [0.1, 0.15) is 0 Å². The highest BCUT2D eigenvalue weighted by molar-refractivity contribution is 5.90. The van der Waals surface area contributed by atoms with Crippen molar-refractivity contribution in [1.82, 2.24) is 0 Å². The number of nitrogens with two attached hydrogens (primary N) is 1. The van der Waals surface area contributed by atoms with Crippen LogP contribution in [-0.4, -0.2) is 31.2 Å². The topological polar surface area (TPSA) is 66.2 Å². The van der Waals surface area contributed by atoms with Crippen molar-refractivity contribution in [3.8, 4) is 0 Å². The Morgan fingerprint density at radius 1 is 1.54 bits per heavy atom. The van der Waals surface area contributed by atoms with Crippen LogP contribution < -0.4 is 5.73 Å². The molecule has 0 aromatic heterocycles. The molecule has 0 bridgehead atoms. The average Bonchev–Trinajstić information content (AvgIpc) is 1.85. The van der Waals surface area contributed by atoms with Gasteiger partial charge >= 0.3 is 0 Å². The summed E-state index contributed by atoms with van der Waals surface area (Å²) >= 11 is 0. The van der Waals surface area contributed by atoms with E-state index in [-0.39, 0.29) is 4.65 Å². The molecule has 0 radical (unpaired) electrons. The molecule has 0 heterocycles. The first-order valence-corrected chi connectivity index (χ1v) is 4.20. The minimum atomic E-state index is -0.435. The van der Waals surface area contributed by atoms with Crippen molar-refractivity contribution >= 4 is 5.91 Å². The third-order valence-corrected chi connectivity index (χ3v) is 1.18. The number of quaternary nitrogens is 1. The summed E-state index contributed by atoms with van der Waals surface area (Å²) in [7, 11) is 3.31. The van der Waals surface area contributed by atoms with Gasteiger partial charge in [-0.25, -0.2) is 0 Å². The summed E-state index contributed by atoms with van der Waals surface area (Å²) in [4.78, 5) is 9.82. The van der Waals surface area contributed by atoms with Crippen LogP contribution in [0, 0.1) is 5.21 Å². The number of amides is 1. The number of nitrogens with zero attached hydrogens (tertiary/aromatic N) is 1. The van der Waals surface area contributed by atoms with E-state index < -0.39 is 5.91 Å². The van der Waals surface area contributed by atoms with Gasteiger partial charge in [-0.2, -0.15) is 0 Å². The number of hydroxylamine groups is 3. The zero-order chi connectivity index (χ0) is 11.1. The second-order valence-electron chi connectivity index (χ2n) is 3.44. The van der Waals surface area contributed by atoms with Crippen molar-refractivity contribution in [3.63, 3.8) is 0 Å². The molecule has 0 spiro atoms. The first-order valence-electron chi connectivity index (χ1n) is 4.20. The van der Waals surface area contributed by atoms with Gasteiger partial charge in [0.05, 0.1) is 20.6 Å². The van der Waals surface area contributed by atoms with Crippen molar-refractivity contribution in [3.05, 3.63) is 17.4 Å². The molecule has 0 saturated carbocycles. The van der Waals surface area contributed by atoms with E-state index in [1.54, 1.807) is 21.0 Å². The van der Waals surface area contributed by atoms with Gasteiger partial charge < -0.3 is 15.6 Å². The van der Waals surface area contributed by atoms with Crippen LogP contribution >= 0.6 is 0 Å². The molecule has 13 heavy (non-hydrogen) atoms. The molecule has 0 unspecified atom stereocenters. The van der Waals surface area contributed by atoms with E-state index in [9.17, 15) is 10.0 Å². The Kier molecular flexibility index (Phi) is 7.46. The van der Waals surface area contributed by atoms with Crippen LogP contribution in [0.5, 0.6) is 0 Å². The fourth-order valence-electron chi connectivity index (χ4n) is 0.539. The van der Waals surface area contributed by atoms with Gasteiger partial charge in [-0.3, -0.25) is 4.79 Å². The lowest BCUT2D eigenvalue weighted by molar-refractivity contribution is -0.839. The van der Waals surface area contributed by atoms with Gasteiger partial charge in [0.2, 0.25) is 5.91 Å². The Morgan fingerprint density at radius 3 is 1.85 bits per heavy atom. The highest BCUT2D eigenvalue weighted by atomic mass is 16.5. The SMILES string of the molecule is C=C(C)C(N)=O.CCC[N+](C)(C)[O-]. The Labute approximate surface area is 80.2 Å². The molecular formula is C9H20N2O2. The number of hydrogen-bond donors (Lipinski definition) is 1. The lowest BCUT2D eigenvalue weighted by atomic mass is 10.3. The lowest BCUT2D eigenvalue weighted by Crippen LogP contribution is -2.32. The van der Waals surface area contributed by atoms with E-state index in [2.05, 4.69) is 6.58 Å².